The highest BCUT2D eigenvalue weighted by Gasteiger charge is 2.29. The molecule has 5 heteroatoms. The monoisotopic (exact) mass is 231 g/mol. The molecule has 2 heterocycles. The van der Waals surface area contributed by atoms with Crippen LogP contribution in [0.5, 0.6) is 0 Å². The Bertz CT molecular complexity index is 512. The largest absolute Gasteiger partial charge is 0.325 e. The van der Waals surface area contributed by atoms with Gasteiger partial charge in [-0.05, 0) is 12.8 Å². The third kappa shape index (κ3) is 2.02. The third-order valence-corrected chi connectivity index (χ3v) is 3.64. The van der Waals surface area contributed by atoms with Gasteiger partial charge in [-0.25, -0.2) is 4.98 Å². The Morgan fingerprint density at radius 3 is 2.88 bits per heavy atom. The summed E-state index contributed by atoms with van der Waals surface area (Å²) in [6.45, 7) is 0. The number of rotatable bonds is 2. The first kappa shape index (κ1) is 10.7. The summed E-state index contributed by atoms with van der Waals surface area (Å²) < 4.78 is 1.93. The van der Waals surface area contributed by atoms with Crippen molar-refractivity contribution in [3.63, 3.8) is 0 Å². The van der Waals surface area contributed by atoms with Gasteiger partial charge in [-0.2, -0.15) is 0 Å². The van der Waals surface area contributed by atoms with Crippen molar-refractivity contribution in [3.8, 4) is 0 Å². The molecule has 1 saturated carbocycles. The number of nitrogens with two attached hydrogens (primary N) is 1. The van der Waals surface area contributed by atoms with Crippen LogP contribution < -0.4 is 5.73 Å². The van der Waals surface area contributed by atoms with Crippen LogP contribution >= 0.6 is 0 Å². The van der Waals surface area contributed by atoms with Crippen molar-refractivity contribution in [3.05, 3.63) is 24.4 Å². The van der Waals surface area contributed by atoms with Crippen LogP contribution in [0.15, 0.2) is 18.6 Å². The summed E-state index contributed by atoms with van der Waals surface area (Å²) in [6, 6.07) is 1.86. The van der Waals surface area contributed by atoms with E-state index in [1.165, 1.54) is 19.3 Å². The second-order valence-corrected chi connectivity index (χ2v) is 5.02. The number of aromatic nitrogens is 4. The van der Waals surface area contributed by atoms with Crippen molar-refractivity contribution < 1.29 is 0 Å². The number of hydrogen-bond acceptors (Lipinski definition) is 4. The molecule has 90 valence electrons. The summed E-state index contributed by atoms with van der Waals surface area (Å²) in [5.74, 6) is 0.928. The van der Waals surface area contributed by atoms with Gasteiger partial charge in [0.25, 0.3) is 0 Å². The Kier molecular flexibility index (Phi) is 2.55. The van der Waals surface area contributed by atoms with Gasteiger partial charge in [-0.1, -0.05) is 19.3 Å². The van der Waals surface area contributed by atoms with Crippen LogP contribution in [0.3, 0.4) is 0 Å². The van der Waals surface area contributed by atoms with Crippen LogP contribution in [0.4, 0.5) is 0 Å². The summed E-state index contributed by atoms with van der Waals surface area (Å²) in [5.41, 5.74) is 7.18. The first-order chi connectivity index (χ1) is 8.27. The zero-order chi connectivity index (χ0) is 11.7. The second kappa shape index (κ2) is 4.07. The van der Waals surface area contributed by atoms with Gasteiger partial charge in [0.1, 0.15) is 12.2 Å². The lowest BCUT2D eigenvalue weighted by molar-refractivity contribution is 0.289. The molecular weight excluding hydrogens is 214 g/mol. The van der Waals surface area contributed by atoms with Crippen LogP contribution in [0.1, 0.15) is 37.9 Å². The van der Waals surface area contributed by atoms with Crippen molar-refractivity contribution in [2.24, 2.45) is 5.73 Å². The van der Waals surface area contributed by atoms with Gasteiger partial charge in [0.15, 0.2) is 5.65 Å². The van der Waals surface area contributed by atoms with Gasteiger partial charge in [0.05, 0.1) is 0 Å². The molecule has 0 radical (unpaired) electrons. The molecule has 0 aromatic carbocycles. The highest BCUT2D eigenvalue weighted by Crippen LogP contribution is 2.28. The van der Waals surface area contributed by atoms with Gasteiger partial charge in [0, 0.05) is 24.2 Å². The van der Waals surface area contributed by atoms with Crippen molar-refractivity contribution >= 4 is 5.65 Å². The van der Waals surface area contributed by atoms with Crippen LogP contribution in [0.2, 0.25) is 0 Å². The highest BCUT2D eigenvalue weighted by atomic mass is 15.3. The van der Waals surface area contributed by atoms with E-state index in [-0.39, 0.29) is 5.54 Å². The fourth-order valence-electron chi connectivity index (χ4n) is 2.66. The molecule has 0 aliphatic heterocycles. The van der Waals surface area contributed by atoms with Gasteiger partial charge in [0.2, 0.25) is 0 Å². The van der Waals surface area contributed by atoms with Crippen LogP contribution in [0, 0.1) is 0 Å². The maximum absolute atomic E-state index is 6.44. The molecule has 0 amide bonds. The van der Waals surface area contributed by atoms with E-state index in [9.17, 15) is 0 Å². The van der Waals surface area contributed by atoms with Crippen LogP contribution in [-0.4, -0.2) is 25.1 Å². The lowest BCUT2D eigenvalue weighted by Crippen LogP contribution is -2.44. The molecule has 2 aromatic rings. The van der Waals surface area contributed by atoms with Crippen molar-refractivity contribution in [1.29, 1.82) is 0 Å². The summed E-state index contributed by atoms with van der Waals surface area (Å²) in [7, 11) is 0. The molecule has 1 aliphatic rings. The van der Waals surface area contributed by atoms with Gasteiger partial charge < -0.3 is 5.73 Å². The first-order valence-corrected chi connectivity index (χ1v) is 6.19. The minimum absolute atomic E-state index is 0.100. The van der Waals surface area contributed by atoms with Crippen LogP contribution in [0.25, 0.3) is 5.65 Å². The predicted molar refractivity (Wildman–Crippen MR) is 64.5 cm³/mol. The van der Waals surface area contributed by atoms with Crippen molar-refractivity contribution in [2.45, 2.75) is 44.1 Å². The van der Waals surface area contributed by atoms with E-state index < -0.39 is 0 Å². The maximum atomic E-state index is 6.44. The lowest BCUT2D eigenvalue weighted by Gasteiger charge is -2.32. The van der Waals surface area contributed by atoms with Crippen molar-refractivity contribution in [2.75, 3.05) is 0 Å². The zero-order valence-corrected chi connectivity index (χ0v) is 9.84. The molecular formula is C12H17N5. The fourth-order valence-corrected chi connectivity index (χ4v) is 2.66. The lowest BCUT2D eigenvalue weighted by atomic mass is 9.80. The van der Waals surface area contributed by atoms with E-state index in [2.05, 4.69) is 15.2 Å². The summed E-state index contributed by atoms with van der Waals surface area (Å²) in [6.07, 6.45) is 10.2. The molecule has 17 heavy (non-hydrogen) atoms. The fraction of sp³-hybridized carbons (Fsp3) is 0.583. The van der Waals surface area contributed by atoms with Gasteiger partial charge in [-0.3, -0.25) is 4.40 Å². The number of fused-ring (bicyclic) bond motifs is 1. The second-order valence-electron chi connectivity index (χ2n) is 5.02. The van der Waals surface area contributed by atoms with E-state index in [4.69, 9.17) is 5.73 Å². The van der Waals surface area contributed by atoms with Gasteiger partial charge in [-0.15, -0.1) is 10.2 Å². The minimum atomic E-state index is -0.100. The van der Waals surface area contributed by atoms with E-state index in [1.807, 2.05) is 10.5 Å². The molecule has 5 nitrogen and oxygen atoms in total. The molecule has 0 atom stereocenters. The van der Waals surface area contributed by atoms with E-state index >= 15 is 0 Å². The molecule has 0 saturated heterocycles. The number of hydrogen-bond donors (Lipinski definition) is 1. The maximum Gasteiger partial charge on any atom is 0.163 e. The Morgan fingerprint density at radius 1 is 1.24 bits per heavy atom. The molecule has 1 fully saturated rings. The highest BCUT2D eigenvalue weighted by molar-refractivity contribution is 5.35. The standard InChI is InChI=1S/C12H17N5/c13-12(5-2-1-3-6-12)8-11-16-15-10-4-7-14-9-17(10)11/h4,7,9H,1-3,5-6,8,13H2. The van der Waals surface area contributed by atoms with Crippen LogP contribution in [-0.2, 0) is 6.42 Å². The Balaban J connectivity index is 1.89. The molecule has 0 bridgehead atoms. The minimum Gasteiger partial charge on any atom is -0.325 e. The average molecular weight is 231 g/mol. The molecule has 3 rings (SSSR count). The summed E-state index contributed by atoms with van der Waals surface area (Å²) >= 11 is 0. The topological polar surface area (TPSA) is 69.1 Å². The van der Waals surface area contributed by atoms with Crippen molar-refractivity contribution in [1.82, 2.24) is 19.6 Å². The van der Waals surface area contributed by atoms with E-state index in [0.29, 0.717) is 0 Å². The normalized spacial score (nSPS) is 19.6. The molecule has 2 aromatic heterocycles. The molecule has 1 aliphatic carbocycles. The van der Waals surface area contributed by atoms with Gasteiger partial charge >= 0.3 is 0 Å². The first-order valence-electron chi connectivity index (χ1n) is 6.19. The predicted octanol–water partition coefficient (Wildman–Crippen LogP) is 1.33. The summed E-state index contributed by atoms with van der Waals surface area (Å²) in [4.78, 5) is 4.10. The number of nitrogens with zero attached hydrogens (tertiary/aromatic N) is 4. The third-order valence-electron chi connectivity index (χ3n) is 3.64. The molecule has 0 spiro atoms. The molecule has 2 N–H and O–H groups in total. The van der Waals surface area contributed by atoms with E-state index in [1.54, 1.807) is 12.5 Å². The quantitative estimate of drug-likeness (QED) is 0.846. The zero-order valence-electron chi connectivity index (χ0n) is 9.84. The summed E-state index contributed by atoms with van der Waals surface area (Å²) in [5, 5.41) is 8.36. The van der Waals surface area contributed by atoms with E-state index in [0.717, 1.165) is 30.7 Å². The Hall–Kier alpha value is -1.49. The Morgan fingerprint density at radius 2 is 2.06 bits per heavy atom. The Labute approximate surface area is 100 Å². The average Bonchev–Trinajstić information content (AvgIpc) is 2.73. The molecule has 0 unspecified atom stereocenters. The SMILES string of the molecule is NC1(Cc2nnc3ccncn23)CCCCC1. The smallest absolute Gasteiger partial charge is 0.163 e.